The number of hydrogen-bond donors (Lipinski definition) is 0. The van der Waals surface area contributed by atoms with Gasteiger partial charge in [0.1, 0.15) is 12.4 Å². The molecule has 7 heteroatoms. The molecule has 0 N–H and O–H groups in total. The zero-order valence-electron chi connectivity index (χ0n) is 15.3. The fraction of sp³-hybridized carbons (Fsp3) is 0.143. The molecule has 4 aromatic rings. The van der Waals surface area contributed by atoms with E-state index in [0.29, 0.717) is 5.82 Å². The van der Waals surface area contributed by atoms with Crippen molar-refractivity contribution in [1.82, 2.24) is 20.2 Å². The molecule has 0 amide bonds. The molecule has 0 aliphatic heterocycles. The average molecular weight is 374 g/mol. The van der Waals surface area contributed by atoms with Gasteiger partial charge in [0, 0.05) is 5.56 Å². The van der Waals surface area contributed by atoms with Crippen LogP contribution in [0.1, 0.15) is 5.56 Å². The summed E-state index contributed by atoms with van der Waals surface area (Å²) in [4.78, 5) is 13.3. The highest BCUT2D eigenvalue weighted by atomic mass is 16.5. The Hall–Kier alpha value is -3.74. The summed E-state index contributed by atoms with van der Waals surface area (Å²) >= 11 is 0. The Bertz CT molecular complexity index is 1110. The van der Waals surface area contributed by atoms with Crippen LogP contribution in [0.25, 0.3) is 22.2 Å². The normalized spacial score (nSPS) is 10.8. The van der Waals surface area contributed by atoms with Crippen LogP contribution in [-0.4, -0.2) is 33.3 Å². The van der Waals surface area contributed by atoms with E-state index in [0.717, 1.165) is 27.6 Å². The minimum absolute atomic E-state index is 0.0926. The number of fused-ring (bicyclic) bond motifs is 1. The van der Waals surface area contributed by atoms with Crippen LogP contribution in [0.5, 0.6) is 5.75 Å². The number of benzene rings is 3. The predicted molar refractivity (Wildman–Crippen MR) is 104 cm³/mol. The fourth-order valence-electron chi connectivity index (χ4n) is 2.83. The van der Waals surface area contributed by atoms with E-state index in [1.807, 2.05) is 66.7 Å². The highest BCUT2D eigenvalue weighted by Crippen LogP contribution is 2.22. The van der Waals surface area contributed by atoms with Gasteiger partial charge in [-0.15, -0.1) is 10.2 Å². The molecule has 0 atom stereocenters. The number of carbonyl (C=O) groups excluding carboxylic acids is 1. The van der Waals surface area contributed by atoms with Crippen molar-refractivity contribution in [2.45, 2.75) is 13.2 Å². The van der Waals surface area contributed by atoms with E-state index in [1.54, 1.807) is 7.11 Å². The molecular weight excluding hydrogens is 356 g/mol. The molecule has 0 bridgehead atoms. The molecule has 140 valence electrons. The number of aromatic nitrogens is 4. The first-order valence-electron chi connectivity index (χ1n) is 8.77. The van der Waals surface area contributed by atoms with E-state index in [1.165, 1.54) is 4.80 Å². The van der Waals surface area contributed by atoms with E-state index < -0.39 is 5.97 Å². The Balaban J connectivity index is 1.37. The number of nitrogens with zero attached hydrogens (tertiary/aromatic N) is 4. The molecule has 0 saturated heterocycles. The maximum Gasteiger partial charge on any atom is 0.330 e. The molecular formula is C21H18N4O3. The summed E-state index contributed by atoms with van der Waals surface area (Å²) in [7, 11) is 1.64. The highest BCUT2D eigenvalue weighted by Gasteiger charge is 2.10. The average Bonchev–Trinajstić information content (AvgIpc) is 3.20. The molecule has 3 aromatic carbocycles. The van der Waals surface area contributed by atoms with Crippen molar-refractivity contribution >= 4 is 16.7 Å². The first-order chi connectivity index (χ1) is 13.7. The van der Waals surface area contributed by atoms with Crippen LogP contribution < -0.4 is 4.74 Å². The number of ether oxygens (including phenoxy) is 2. The Kier molecular flexibility index (Phi) is 4.97. The van der Waals surface area contributed by atoms with E-state index in [2.05, 4.69) is 15.4 Å². The van der Waals surface area contributed by atoms with Crippen LogP contribution in [0.4, 0.5) is 0 Å². The number of methoxy groups -OCH3 is 1. The van der Waals surface area contributed by atoms with Gasteiger partial charge in [-0.25, -0.2) is 4.79 Å². The van der Waals surface area contributed by atoms with Gasteiger partial charge in [0.05, 0.1) is 7.11 Å². The van der Waals surface area contributed by atoms with Crippen molar-refractivity contribution in [1.29, 1.82) is 0 Å². The third-order valence-corrected chi connectivity index (χ3v) is 4.27. The van der Waals surface area contributed by atoms with Gasteiger partial charge in [0.15, 0.2) is 6.54 Å². The SMILES string of the molecule is COc1ccc2cc(COC(=O)Cn3nnc(-c4ccccc4)n3)ccc2c1. The zero-order valence-corrected chi connectivity index (χ0v) is 15.3. The van der Waals surface area contributed by atoms with E-state index in [4.69, 9.17) is 9.47 Å². The molecule has 0 aliphatic carbocycles. The van der Waals surface area contributed by atoms with Crippen LogP contribution in [0, 0.1) is 0 Å². The summed E-state index contributed by atoms with van der Waals surface area (Å²) in [6.45, 7) is 0.0889. The first kappa shape index (κ1) is 17.7. The van der Waals surface area contributed by atoms with Crippen LogP contribution in [-0.2, 0) is 22.7 Å². The Morgan fingerprint density at radius 3 is 2.61 bits per heavy atom. The quantitative estimate of drug-likeness (QED) is 0.482. The lowest BCUT2D eigenvalue weighted by atomic mass is 10.1. The first-order valence-corrected chi connectivity index (χ1v) is 8.77. The maximum atomic E-state index is 12.1. The molecule has 0 spiro atoms. The lowest BCUT2D eigenvalue weighted by molar-refractivity contribution is -0.146. The molecule has 4 rings (SSSR count). The number of hydrogen-bond acceptors (Lipinski definition) is 6. The van der Waals surface area contributed by atoms with Gasteiger partial charge < -0.3 is 9.47 Å². The number of carbonyl (C=O) groups is 1. The summed E-state index contributed by atoms with van der Waals surface area (Å²) in [5.41, 5.74) is 1.75. The minimum atomic E-state index is -0.424. The fourth-order valence-corrected chi connectivity index (χ4v) is 2.83. The topological polar surface area (TPSA) is 79.1 Å². The molecule has 1 aromatic heterocycles. The highest BCUT2D eigenvalue weighted by molar-refractivity contribution is 5.84. The van der Waals surface area contributed by atoms with E-state index in [-0.39, 0.29) is 13.2 Å². The molecule has 0 radical (unpaired) electrons. The van der Waals surface area contributed by atoms with Crippen molar-refractivity contribution in [3.8, 4) is 17.1 Å². The van der Waals surface area contributed by atoms with Crippen molar-refractivity contribution in [3.05, 3.63) is 72.3 Å². The number of rotatable bonds is 6. The van der Waals surface area contributed by atoms with Crippen LogP contribution in [0.2, 0.25) is 0 Å². The molecule has 28 heavy (non-hydrogen) atoms. The third-order valence-electron chi connectivity index (χ3n) is 4.27. The Morgan fingerprint density at radius 1 is 1.00 bits per heavy atom. The van der Waals surface area contributed by atoms with Crippen LogP contribution in [0.15, 0.2) is 66.7 Å². The number of tetrazole rings is 1. The molecule has 0 unspecified atom stereocenters. The maximum absolute atomic E-state index is 12.1. The van der Waals surface area contributed by atoms with Gasteiger partial charge in [-0.1, -0.05) is 48.5 Å². The molecule has 0 fully saturated rings. The smallest absolute Gasteiger partial charge is 0.330 e. The lowest BCUT2D eigenvalue weighted by Gasteiger charge is -2.07. The summed E-state index contributed by atoms with van der Waals surface area (Å²) in [5, 5.41) is 14.2. The summed E-state index contributed by atoms with van der Waals surface area (Å²) in [6, 6.07) is 21.2. The van der Waals surface area contributed by atoms with Gasteiger partial charge in [-0.05, 0) is 39.7 Å². The van der Waals surface area contributed by atoms with Crippen molar-refractivity contribution < 1.29 is 14.3 Å². The molecule has 7 nitrogen and oxygen atoms in total. The standard InChI is InChI=1S/C21H18N4O3/c1-27-19-10-9-17-11-15(7-8-18(17)12-19)14-28-20(26)13-25-23-21(22-24-25)16-5-3-2-4-6-16/h2-12H,13-14H2,1H3. The number of esters is 1. The van der Waals surface area contributed by atoms with Gasteiger partial charge in [-0.3, -0.25) is 0 Å². The van der Waals surface area contributed by atoms with E-state index in [9.17, 15) is 4.79 Å². The van der Waals surface area contributed by atoms with Crippen LogP contribution in [0.3, 0.4) is 0 Å². The monoisotopic (exact) mass is 374 g/mol. The Labute approximate surface area is 161 Å². The second-order valence-corrected chi connectivity index (χ2v) is 6.22. The minimum Gasteiger partial charge on any atom is -0.497 e. The Morgan fingerprint density at radius 2 is 1.79 bits per heavy atom. The molecule has 0 aliphatic rings. The van der Waals surface area contributed by atoms with Crippen molar-refractivity contribution in [2.75, 3.05) is 7.11 Å². The zero-order chi connectivity index (χ0) is 19.3. The van der Waals surface area contributed by atoms with Gasteiger partial charge >= 0.3 is 5.97 Å². The van der Waals surface area contributed by atoms with E-state index >= 15 is 0 Å². The molecule has 1 heterocycles. The van der Waals surface area contributed by atoms with Gasteiger partial charge in [-0.2, -0.15) is 4.80 Å². The summed E-state index contributed by atoms with van der Waals surface area (Å²) in [6.07, 6.45) is 0. The second kappa shape index (κ2) is 7.87. The summed E-state index contributed by atoms with van der Waals surface area (Å²) in [5.74, 6) is 0.854. The predicted octanol–water partition coefficient (Wildman–Crippen LogP) is 3.25. The van der Waals surface area contributed by atoms with Crippen molar-refractivity contribution in [3.63, 3.8) is 0 Å². The van der Waals surface area contributed by atoms with Gasteiger partial charge in [0.25, 0.3) is 0 Å². The van der Waals surface area contributed by atoms with Gasteiger partial charge in [0.2, 0.25) is 5.82 Å². The lowest BCUT2D eigenvalue weighted by Crippen LogP contribution is -2.15. The van der Waals surface area contributed by atoms with Crippen molar-refractivity contribution in [2.24, 2.45) is 0 Å². The van der Waals surface area contributed by atoms with Crippen LogP contribution >= 0.6 is 0 Å². The molecule has 0 saturated carbocycles. The largest absolute Gasteiger partial charge is 0.497 e. The third kappa shape index (κ3) is 3.98. The second-order valence-electron chi connectivity index (χ2n) is 6.22. The summed E-state index contributed by atoms with van der Waals surface area (Å²) < 4.78 is 10.6.